The molecule has 0 atom stereocenters. The molecular formula is C17H15FINO2. The Bertz CT molecular complexity index is 653. The summed E-state index contributed by atoms with van der Waals surface area (Å²) in [6.07, 6.45) is 0.321. The standard InChI is InChI=1S/C17H15FINO2/c18-14-5-1-12(2-6-14)11-20-17(22)10-9-16(21)13-3-7-15(19)8-4-13/h1-8H,9-11H2,(H,20,22). The molecule has 0 aliphatic heterocycles. The molecule has 0 fully saturated rings. The van der Waals surface area contributed by atoms with Crippen molar-refractivity contribution in [2.45, 2.75) is 19.4 Å². The molecular weight excluding hydrogens is 396 g/mol. The molecule has 1 N–H and O–H groups in total. The molecule has 22 heavy (non-hydrogen) atoms. The fourth-order valence-corrected chi connectivity index (χ4v) is 2.26. The van der Waals surface area contributed by atoms with Crippen LogP contribution in [0.5, 0.6) is 0 Å². The highest BCUT2D eigenvalue weighted by Crippen LogP contribution is 2.10. The summed E-state index contributed by atoms with van der Waals surface area (Å²) >= 11 is 2.17. The van der Waals surface area contributed by atoms with Crippen LogP contribution in [0.25, 0.3) is 0 Å². The van der Waals surface area contributed by atoms with Crippen molar-refractivity contribution < 1.29 is 14.0 Å². The minimum atomic E-state index is -0.307. The van der Waals surface area contributed by atoms with Crippen molar-refractivity contribution in [3.05, 3.63) is 69.0 Å². The van der Waals surface area contributed by atoms with Crippen LogP contribution in [-0.4, -0.2) is 11.7 Å². The van der Waals surface area contributed by atoms with Gasteiger partial charge in [0.25, 0.3) is 0 Å². The topological polar surface area (TPSA) is 46.2 Å². The zero-order valence-electron chi connectivity index (χ0n) is 11.8. The highest BCUT2D eigenvalue weighted by molar-refractivity contribution is 14.1. The summed E-state index contributed by atoms with van der Waals surface area (Å²) in [4.78, 5) is 23.7. The second-order valence-electron chi connectivity index (χ2n) is 4.83. The van der Waals surface area contributed by atoms with Crippen LogP contribution in [0.3, 0.4) is 0 Å². The summed E-state index contributed by atoms with van der Waals surface area (Å²) in [7, 11) is 0. The van der Waals surface area contributed by atoms with Crippen LogP contribution in [0, 0.1) is 9.39 Å². The summed E-state index contributed by atoms with van der Waals surface area (Å²) in [5.74, 6) is -0.547. The smallest absolute Gasteiger partial charge is 0.220 e. The fourth-order valence-electron chi connectivity index (χ4n) is 1.90. The van der Waals surface area contributed by atoms with Gasteiger partial charge in [-0.25, -0.2) is 4.39 Å². The van der Waals surface area contributed by atoms with Crippen LogP contribution in [0.1, 0.15) is 28.8 Å². The van der Waals surface area contributed by atoms with E-state index in [-0.39, 0.29) is 30.3 Å². The molecule has 1 amide bonds. The van der Waals surface area contributed by atoms with E-state index in [1.54, 1.807) is 24.3 Å². The zero-order chi connectivity index (χ0) is 15.9. The average Bonchev–Trinajstić information content (AvgIpc) is 2.52. The number of carbonyl (C=O) groups excluding carboxylic acids is 2. The van der Waals surface area contributed by atoms with E-state index >= 15 is 0 Å². The molecule has 3 nitrogen and oxygen atoms in total. The minimum absolute atomic E-state index is 0.0478. The first-order valence-electron chi connectivity index (χ1n) is 6.84. The average molecular weight is 411 g/mol. The molecule has 0 radical (unpaired) electrons. The van der Waals surface area contributed by atoms with Crippen molar-refractivity contribution in [1.29, 1.82) is 0 Å². The van der Waals surface area contributed by atoms with Gasteiger partial charge in [0.15, 0.2) is 5.78 Å². The Morgan fingerprint density at radius 2 is 1.59 bits per heavy atom. The van der Waals surface area contributed by atoms with Crippen LogP contribution in [0.15, 0.2) is 48.5 Å². The van der Waals surface area contributed by atoms with E-state index in [0.717, 1.165) is 9.13 Å². The second kappa shape index (κ2) is 8.03. The number of carbonyl (C=O) groups is 2. The molecule has 2 rings (SSSR count). The van der Waals surface area contributed by atoms with E-state index in [0.29, 0.717) is 12.1 Å². The highest BCUT2D eigenvalue weighted by Gasteiger charge is 2.09. The molecule has 0 aliphatic carbocycles. The minimum Gasteiger partial charge on any atom is -0.352 e. The zero-order valence-corrected chi connectivity index (χ0v) is 14.0. The van der Waals surface area contributed by atoms with Gasteiger partial charge in [0.05, 0.1) is 0 Å². The Balaban J connectivity index is 1.76. The van der Waals surface area contributed by atoms with Crippen LogP contribution in [0.4, 0.5) is 4.39 Å². The van der Waals surface area contributed by atoms with E-state index < -0.39 is 0 Å². The van der Waals surface area contributed by atoms with E-state index in [4.69, 9.17) is 0 Å². The number of hydrogen-bond acceptors (Lipinski definition) is 2. The first-order chi connectivity index (χ1) is 10.5. The first kappa shape index (κ1) is 16.6. The lowest BCUT2D eigenvalue weighted by atomic mass is 10.1. The molecule has 114 valence electrons. The van der Waals surface area contributed by atoms with Crippen LogP contribution < -0.4 is 5.32 Å². The maximum absolute atomic E-state index is 12.8. The molecule has 5 heteroatoms. The summed E-state index contributed by atoms with van der Waals surface area (Å²) in [5, 5.41) is 2.72. The normalized spacial score (nSPS) is 10.3. The Hall–Kier alpha value is -1.76. The summed E-state index contributed by atoms with van der Waals surface area (Å²) < 4.78 is 13.8. The fraction of sp³-hybridized carbons (Fsp3) is 0.176. The van der Waals surface area contributed by atoms with Gasteiger partial charge in [0.1, 0.15) is 5.82 Å². The van der Waals surface area contributed by atoms with Gasteiger partial charge in [0.2, 0.25) is 5.91 Å². The molecule has 2 aromatic rings. The maximum Gasteiger partial charge on any atom is 0.220 e. The summed E-state index contributed by atoms with van der Waals surface area (Å²) in [6, 6.07) is 13.2. The van der Waals surface area contributed by atoms with Crippen molar-refractivity contribution in [2.75, 3.05) is 0 Å². The molecule has 0 saturated heterocycles. The third kappa shape index (κ3) is 5.22. The number of Topliss-reactive ketones (excluding diaryl/α,β-unsaturated/α-hetero) is 1. The predicted octanol–water partition coefficient (Wildman–Crippen LogP) is 3.71. The van der Waals surface area contributed by atoms with Gasteiger partial charge < -0.3 is 5.32 Å². The third-order valence-corrected chi connectivity index (χ3v) is 3.87. The molecule has 0 aliphatic rings. The maximum atomic E-state index is 12.8. The van der Waals surface area contributed by atoms with Crippen molar-refractivity contribution in [3.8, 4) is 0 Å². The first-order valence-corrected chi connectivity index (χ1v) is 7.92. The van der Waals surface area contributed by atoms with Gasteiger partial charge in [-0.3, -0.25) is 9.59 Å². The number of halogens is 2. The highest BCUT2D eigenvalue weighted by atomic mass is 127. The molecule has 0 unspecified atom stereocenters. The quantitative estimate of drug-likeness (QED) is 0.582. The van der Waals surface area contributed by atoms with Gasteiger partial charge in [-0.05, 0) is 52.4 Å². The van der Waals surface area contributed by atoms with Gasteiger partial charge in [0, 0.05) is 28.5 Å². The van der Waals surface area contributed by atoms with Crippen LogP contribution in [0.2, 0.25) is 0 Å². The van der Waals surface area contributed by atoms with E-state index in [1.165, 1.54) is 12.1 Å². The van der Waals surface area contributed by atoms with Gasteiger partial charge in [-0.1, -0.05) is 24.3 Å². The summed E-state index contributed by atoms with van der Waals surface area (Å²) in [5.41, 5.74) is 1.44. The second-order valence-corrected chi connectivity index (χ2v) is 6.08. The van der Waals surface area contributed by atoms with E-state index in [1.807, 2.05) is 12.1 Å². The molecule has 0 aromatic heterocycles. The number of ketones is 1. The number of rotatable bonds is 6. The number of benzene rings is 2. The van der Waals surface area contributed by atoms with Crippen molar-refractivity contribution >= 4 is 34.3 Å². The molecule has 0 heterocycles. The van der Waals surface area contributed by atoms with Crippen molar-refractivity contribution in [1.82, 2.24) is 5.32 Å². The van der Waals surface area contributed by atoms with Crippen molar-refractivity contribution in [3.63, 3.8) is 0 Å². The molecule has 0 bridgehead atoms. The summed E-state index contributed by atoms with van der Waals surface area (Å²) in [6.45, 7) is 0.330. The lowest BCUT2D eigenvalue weighted by molar-refractivity contribution is -0.121. The van der Waals surface area contributed by atoms with Gasteiger partial charge in [-0.15, -0.1) is 0 Å². The lowest BCUT2D eigenvalue weighted by Crippen LogP contribution is -2.23. The number of amides is 1. The molecule has 2 aromatic carbocycles. The Labute approximate surface area is 142 Å². The van der Waals surface area contributed by atoms with Crippen molar-refractivity contribution in [2.24, 2.45) is 0 Å². The largest absolute Gasteiger partial charge is 0.352 e. The molecule has 0 saturated carbocycles. The number of hydrogen-bond donors (Lipinski definition) is 1. The van der Waals surface area contributed by atoms with Crippen LogP contribution >= 0.6 is 22.6 Å². The Morgan fingerprint density at radius 1 is 0.955 bits per heavy atom. The third-order valence-electron chi connectivity index (χ3n) is 3.15. The lowest BCUT2D eigenvalue weighted by Gasteiger charge is -2.05. The molecule has 0 spiro atoms. The Kier molecular flexibility index (Phi) is 6.06. The van der Waals surface area contributed by atoms with Gasteiger partial charge >= 0.3 is 0 Å². The Morgan fingerprint density at radius 3 is 2.23 bits per heavy atom. The monoisotopic (exact) mass is 411 g/mol. The number of nitrogens with one attached hydrogen (secondary N) is 1. The predicted molar refractivity (Wildman–Crippen MR) is 91.0 cm³/mol. The van der Waals surface area contributed by atoms with E-state index in [9.17, 15) is 14.0 Å². The SMILES string of the molecule is O=C(CCC(=O)c1ccc(I)cc1)NCc1ccc(F)cc1. The van der Waals surface area contributed by atoms with Gasteiger partial charge in [-0.2, -0.15) is 0 Å². The van der Waals surface area contributed by atoms with E-state index in [2.05, 4.69) is 27.9 Å². The van der Waals surface area contributed by atoms with Crippen LogP contribution in [-0.2, 0) is 11.3 Å².